The number of nitrogens with zero attached hydrogens (tertiary/aromatic N) is 1. The molecule has 3 N–H and O–H groups in total. The molecule has 0 radical (unpaired) electrons. The zero-order valence-electron chi connectivity index (χ0n) is 11.8. The highest BCUT2D eigenvalue weighted by molar-refractivity contribution is 6.01. The molecule has 1 fully saturated rings. The lowest BCUT2D eigenvalue weighted by atomic mass is 9.98. The third-order valence-corrected chi connectivity index (χ3v) is 4.13. The van der Waals surface area contributed by atoms with Crippen molar-refractivity contribution in [2.75, 3.05) is 12.3 Å². The molecular weight excluding hydrogens is 277 g/mol. The number of nitro groups is 1. The van der Waals surface area contributed by atoms with Crippen molar-refractivity contribution in [3.63, 3.8) is 0 Å². The minimum atomic E-state index is -0.852. The Labute approximate surface area is 121 Å². The van der Waals surface area contributed by atoms with Gasteiger partial charge in [0.1, 0.15) is 11.5 Å². The number of nitrogens with one attached hydrogen (secondary N) is 1. The normalized spacial score (nSPS) is 21.2. The van der Waals surface area contributed by atoms with Crippen LogP contribution in [0.5, 0.6) is 0 Å². The number of carbonyl (C=O) groups excluding carboxylic acids is 1. The van der Waals surface area contributed by atoms with Crippen molar-refractivity contribution in [1.29, 1.82) is 0 Å². The Hall–Kier alpha value is -2.18. The third kappa shape index (κ3) is 3.29. The minimum absolute atomic E-state index is 0.188. The Bertz CT molecular complexity index is 577. The largest absolute Gasteiger partial charge is 0.393 e. The fourth-order valence-electron chi connectivity index (χ4n) is 2.79. The van der Waals surface area contributed by atoms with Crippen LogP contribution in [-0.2, 0) is 0 Å². The van der Waals surface area contributed by atoms with E-state index >= 15 is 0 Å². The standard InChI is InChI=1S/C14H18FN3O3/c1-8-3-2-4-9(8)7-17-14(19)11-5-10(15)6-12(13(11)16)18(20)21/h5-6,8-9H,2-4,7,16H2,1H3,(H,17,19). The van der Waals surface area contributed by atoms with Crippen LogP contribution in [0.1, 0.15) is 36.5 Å². The molecule has 0 aliphatic heterocycles. The third-order valence-electron chi connectivity index (χ3n) is 4.13. The summed E-state index contributed by atoms with van der Waals surface area (Å²) in [6.45, 7) is 2.61. The molecule has 1 saturated carbocycles. The lowest BCUT2D eigenvalue weighted by Crippen LogP contribution is -2.31. The van der Waals surface area contributed by atoms with Gasteiger partial charge in [0.25, 0.3) is 11.6 Å². The zero-order chi connectivity index (χ0) is 15.6. The molecule has 2 unspecified atom stereocenters. The summed E-state index contributed by atoms with van der Waals surface area (Å²) in [4.78, 5) is 22.1. The second kappa shape index (κ2) is 6.07. The molecule has 0 heterocycles. The van der Waals surface area contributed by atoms with Gasteiger partial charge < -0.3 is 11.1 Å². The minimum Gasteiger partial charge on any atom is -0.393 e. The van der Waals surface area contributed by atoms with Gasteiger partial charge in [0, 0.05) is 6.54 Å². The second-order valence-corrected chi connectivity index (χ2v) is 5.52. The summed E-state index contributed by atoms with van der Waals surface area (Å²) in [5, 5.41) is 13.5. The van der Waals surface area contributed by atoms with Gasteiger partial charge in [-0.3, -0.25) is 14.9 Å². The lowest BCUT2D eigenvalue weighted by Gasteiger charge is -2.16. The number of amides is 1. The van der Waals surface area contributed by atoms with Crippen LogP contribution < -0.4 is 11.1 Å². The van der Waals surface area contributed by atoms with Crippen LogP contribution in [0, 0.1) is 27.8 Å². The van der Waals surface area contributed by atoms with E-state index in [1.165, 1.54) is 0 Å². The Morgan fingerprint density at radius 2 is 2.24 bits per heavy atom. The van der Waals surface area contributed by atoms with E-state index in [4.69, 9.17) is 5.73 Å². The molecule has 1 aliphatic rings. The molecular formula is C14H18FN3O3. The van der Waals surface area contributed by atoms with Crippen LogP contribution in [-0.4, -0.2) is 17.4 Å². The van der Waals surface area contributed by atoms with Crippen molar-refractivity contribution in [3.8, 4) is 0 Å². The smallest absolute Gasteiger partial charge is 0.295 e. The first-order valence-electron chi connectivity index (χ1n) is 6.91. The van der Waals surface area contributed by atoms with Gasteiger partial charge in [-0.15, -0.1) is 0 Å². The SMILES string of the molecule is CC1CCCC1CNC(=O)c1cc(F)cc([N+](=O)[O-])c1N. The molecule has 1 aromatic carbocycles. The van der Waals surface area contributed by atoms with Gasteiger partial charge in [0.05, 0.1) is 16.6 Å². The number of hydrogen-bond acceptors (Lipinski definition) is 4. The average Bonchev–Trinajstić information content (AvgIpc) is 2.83. The molecule has 114 valence electrons. The molecule has 0 bridgehead atoms. The first-order chi connectivity index (χ1) is 9.90. The van der Waals surface area contributed by atoms with Gasteiger partial charge in [0.2, 0.25) is 0 Å². The molecule has 1 amide bonds. The van der Waals surface area contributed by atoms with Crippen molar-refractivity contribution in [3.05, 3.63) is 33.6 Å². The van der Waals surface area contributed by atoms with Crippen LogP contribution in [0.25, 0.3) is 0 Å². The molecule has 2 rings (SSSR count). The van der Waals surface area contributed by atoms with Gasteiger partial charge in [-0.1, -0.05) is 19.8 Å². The number of hydrogen-bond donors (Lipinski definition) is 2. The van der Waals surface area contributed by atoms with E-state index in [1.54, 1.807) is 0 Å². The van der Waals surface area contributed by atoms with Crippen LogP contribution >= 0.6 is 0 Å². The van der Waals surface area contributed by atoms with Crippen molar-refractivity contribution in [2.24, 2.45) is 11.8 Å². The quantitative estimate of drug-likeness (QED) is 0.506. The number of carbonyl (C=O) groups is 1. The van der Waals surface area contributed by atoms with E-state index in [0.717, 1.165) is 25.3 Å². The molecule has 1 aliphatic carbocycles. The Balaban J connectivity index is 2.13. The summed E-state index contributed by atoms with van der Waals surface area (Å²) in [6.07, 6.45) is 3.31. The summed E-state index contributed by atoms with van der Waals surface area (Å²) in [6, 6.07) is 1.64. The molecule has 21 heavy (non-hydrogen) atoms. The number of anilines is 1. The Morgan fingerprint density at radius 1 is 1.52 bits per heavy atom. The van der Waals surface area contributed by atoms with E-state index in [1.807, 2.05) is 0 Å². The molecule has 2 atom stereocenters. The number of nitrogen functional groups attached to an aromatic ring is 1. The summed E-state index contributed by atoms with van der Waals surface area (Å²) in [5.41, 5.74) is 4.51. The Kier molecular flexibility index (Phi) is 4.40. The van der Waals surface area contributed by atoms with E-state index in [-0.39, 0.29) is 11.3 Å². The second-order valence-electron chi connectivity index (χ2n) is 5.52. The molecule has 0 aromatic heterocycles. The van der Waals surface area contributed by atoms with Crippen LogP contribution in [0.3, 0.4) is 0 Å². The van der Waals surface area contributed by atoms with E-state index in [0.29, 0.717) is 24.4 Å². The van der Waals surface area contributed by atoms with Crippen molar-refractivity contribution >= 4 is 17.3 Å². The maximum atomic E-state index is 13.4. The van der Waals surface area contributed by atoms with Gasteiger partial charge >= 0.3 is 0 Å². The van der Waals surface area contributed by atoms with Crippen LogP contribution in [0.15, 0.2) is 12.1 Å². The number of nitro benzene ring substituents is 1. The zero-order valence-corrected chi connectivity index (χ0v) is 11.8. The molecule has 0 spiro atoms. The van der Waals surface area contributed by atoms with Crippen LogP contribution in [0.2, 0.25) is 0 Å². The van der Waals surface area contributed by atoms with E-state index in [9.17, 15) is 19.3 Å². The van der Waals surface area contributed by atoms with Gasteiger partial charge in [0.15, 0.2) is 0 Å². The lowest BCUT2D eigenvalue weighted by molar-refractivity contribution is -0.384. The number of nitrogens with two attached hydrogens (primary N) is 1. The Morgan fingerprint density at radius 3 is 2.81 bits per heavy atom. The monoisotopic (exact) mass is 295 g/mol. The summed E-state index contributed by atoms with van der Waals surface area (Å²) in [5.74, 6) is -0.507. The van der Waals surface area contributed by atoms with Gasteiger partial charge in [-0.05, 0) is 24.3 Å². The first kappa shape index (κ1) is 15.2. The summed E-state index contributed by atoms with van der Waals surface area (Å²) in [7, 11) is 0. The van der Waals surface area contributed by atoms with Crippen LogP contribution in [0.4, 0.5) is 15.8 Å². The van der Waals surface area contributed by atoms with Gasteiger partial charge in [-0.2, -0.15) is 0 Å². The molecule has 1 aromatic rings. The highest BCUT2D eigenvalue weighted by Crippen LogP contribution is 2.31. The molecule has 7 heteroatoms. The average molecular weight is 295 g/mol. The van der Waals surface area contributed by atoms with E-state index in [2.05, 4.69) is 12.2 Å². The number of halogens is 1. The topological polar surface area (TPSA) is 98.3 Å². The first-order valence-corrected chi connectivity index (χ1v) is 6.91. The fraction of sp³-hybridized carbons (Fsp3) is 0.500. The fourth-order valence-corrected chi connectivity index (χ4v) is 2.79. The van der Waals surface area contributed by atoms with Crippen molar-refractivity contribution in [1.82, 2.24) is 5.32 Å². The van der Waals surface area contributed by atoms with E-state index < -0.39 is 22.3 Å². The predicted octanol–water partition coefficient (Wildman–Crippen LogP) is 2.48. The maximum Gasteiger partial charge on any atom is 0.295 e. The highest BCUT2D eigenvalue weighted by atomic mass is 19.1. The predicted molar refractivity (Wildman–Crippen MR) is 76.3 cm³/mol. The number of rotatable bonds is 4. The molecule has 0 saturated heterocycles. The van der Waals surface area contributed by atoms with Crippen molar-refractivity contribution < 1.29 is 14.1 Å². The van der Waals surface area contributed by atoms with Gasteiger partial charge in [-0.25, -0.2) is 4.39 Å². The summed E-state index contributed by atoms with van der Waals surface area (Å²) < 4.78 is 13.4. The molecule has 6 nitrogen and oxygen atoms in total. The maximum absolute atomic E-state index is 13.4. The highest BCUT2D eigenvalue weighted by Gasteiger charge is 2.25. The van der Waals surface area contributed by atoms with Crippen molar-refractivity contribution in [2.45, 2.75) is 26.2 Å². The number of benzene rings is 1. The summed E-state index contributed by atoms with van der Waals surface area (Å²) >= 11 is 0.